The molecule has 0 bridgehead atoms. The Hall–Kier alpha value is -5.86. The van der Waals surface area contributed by atoms with Crippen molar-refractivity contribution in [2.24, 2.45) is 0 Å². The van der Waals surface area contributed by atoms with Gasteiger partial charge < -0.3 is 9.30 Å². The number of ether oxygens (including phenoxy) is 1. The summed E-state index contributed by atoms with van der Waals surface area (Å²) >= 11 is 0. The number of rotatable bonds is 1. The molecule has 9 rings (SSSR count). The lowest BCUT2D eigenvalue weighted by atomic mass is 9.87. The molecule has 2 heterocycles. The standard InChI is InChI=1S/C42H27NO/c1-2-14-30-29(13-1)31-15-3-5-17-33(31)37-21-9-12-24-41(37)44-42-27-28(25-26-38(42)34-18-6-4-16-32(30)34)43-39-22-10-7-19-35(39)36-20-8-11-23-40(36)43/h1-27H. The maximum absolute atomic E-state index is 7.04. The summed E-state index contributed by atoms with van der Waals surface area (Å²) in [4.78, 5) is 0. The van der Waals surface area contributed by atoms with Crippen molar-refractivity contribution >= 4 is 21.8 Å². The minimum Gasteiger partial charge on any atom is -0.456 e. The van der Waals surface area contributed by atoms with Crippen molar-refractivity contribution in [3.8, 4) is 61.7 Å². The third-order valence-corrected chi connectivity index (χ3v) is 8.85. The monoisotopic (exact) mass is 561 g/mol. The largest absolute Gasteiger partial charge is 0.456 e. The van der Waals surface area contributed by atoms with Gasteiger partial charge in [-0.15, -0.1) is 0 Å². The second-order valence-electron chi connectivity index (χ2n) is 11.3. The molecule has 8 aromatic rings. The van der Waals surface area contributed by atoms with Gasteiger partial charge in [0.1, 0.15) is 11.5 Å². The van der Waals surface area contributed by atoms with E-state index in [1.807, 2.05) is 0 Å². The molecule has 0 fully saturated rings. The van der Waals surface area contributed by atoms with Crippen LogP contribution in [-0.2, 0) is 0 Å². The first-order valence-corrected chi connectivity index (χ1v) is 15.0. The van der Waals surface area contributed by atoms with E-state index in [1.165, 1.54) is 44.1 Å². The van der Waals surface area contributed by atoms with E-state index < -0.39 is 0 Å². The fourth-order valence-electron chi connectivity index (χ4n) is 6.91. The van der Waals surface area contributed by atoms with Crippen LogP contribution < -0.4 is 4.74 Å². The van der Waals surface area contributed by atoms with Crippen molar-refractivity contribution in [2.45, 2.75) is 0 Å². The van der Waals surface area contributed by atoms with Crippen LogP contribution in [0, 0.1) is 0 Å². The molecule has 0 saturated carbocycles. The van der Waals surface area contributed by atoms with Gasteiger partial charge in [0, 0.05) is 33.7 Å². The van der Waals surface area contributed by atoms with Crippen LogP contribution in [0.1, 0.15) is 0 Å². The molecule has 0 N–H and O–H groups in total. The highest BCUT2D eigenvalue weighted by molar-refractivity contribution is 6.09. The average Bonchev–Trinajstić information content (AvgIpc) is 3.42. The first-order valence-electron chi connectivity index (χ1n) is 15.0. The van der Waals surface area contributed by atoms with Crippen molar-refractivity contribution in [1.82, 2.24) is 4.57 Å². The summed E-state index contributed by atoms with van der Waals surface area (Å²) < 4.78 is 9.38. The van der Waals surface area contributed by atoms with E-state index >= 15 is 0 Å². The predicted molar refractivity (Wildman–Crippen MR) is 183 cm³/mol. The Morgan fingerprint density at radius 3 is 1.23 bits per heavy atom. The van der Waals surface area contributed by atoms with Gasteiger partial charge in [0.15, 0.2) is 0 Å². The van der Waals surface area contributed by atoms with Crippen molar-refractivity contribution in [1.29, 1.82) is 0 Å². The summed E-state index contributed by atoms with van der Waals surface area (Å²) in [5.74, 6) is 1.65. The topological polar surface area (TPSA) is 14.2 Å². The lowest BCUT2D eigenvalue weighted by Crippen LogP contribution is -1.97. The minimum absolute atomic E-state index is 0.820. The lowest BCUT2D eigenvalue weighted by Gasteiger charge is -2.18. The number of fused-ring (bicyclic) bond motifs is 12. The van der Waals surface area contributed by atoms with Gasteiger partial charge in [-0.2, -0.15) is 0 Å². The number of hydrogen-bond acceptors (Lipinski definition) is 1. The van der Waals surface area contributed by atoms with Gasteiger partial charge in [0.2, 0.25) is 0 Å². The normalized spacial score (nSPS) is 11.8. The summed E-state index contributed by atoms with van der Waals surface area (Å²) in [7, 11) is 0. The lowest BCUT2D eigenvalue weighted by molar-refractivity contribution is 0.486. The molecule has 206 valence electrons. The number of hydrogen-bond donors (Lipinski definition) is 0. The van der Waals surface area contributed by atoms with Crippen LogP contribution >= 0.6 is 0 Å². The highest BCUT2D eigenvalue weighted by atomic mass is 16.5. The molecule has 1 aliphatic heterocycles. The zero-order valence-electron chi connectivity index (χ0n) is 23.9. The van der Waals surface area contributed by atoms with E-state index in [0.717, 1.165) is 39.4 Å². The minimum atomic E-state index is 0.820. The van der Waals surface area contributed by atoms with Crippen LogP contribution in [0.25, 0.3) is 72.0 Å². The van der Waals surface area contributed by atoms with Crippen LogP contribution in [0.5, 0.6) is 11.5 Å². The Bertz CT molecular complexity index is 2320. The molecule has 0 spiro atoms. The van der Waals surface area contributed by atoms with Crippen LogP contribution in [0.2, 0.25) is 0 Å². The fraction of sp³-hybridized carbons (Fsp3) is 0. The van der Waals surface area contributed by atoms with Gasteiger partial charge in [-0.05, 0) is 63.7 Å². The SMILES string of the molecule is c1ccc2c(c1)Oc1cc(-n3c4ccccc4c4ccccc43)ccc1-c1ccccc1-c1ccccc1-c1ccccc1-2. The number of nitrogens with zero attached hydrogens (tertiary/aromatic N) is 1. The van der Waals surface area contributed by atoms with E-state index in [4.69, 9.17) is 4.74 Å². The van der Waals surface area contributed by atoms with Crippen molar-refractivity contribution < 1.29 is 4.74 Å². The maximum Gasteiger partial charge on any atom is 0.137 e. The van der Waals surface area contributed by atoms with Crippen molar-refractivity contribution in [3.63, 3.8) is 0 Å². The molecule has 0 aliphatic carbocycles. The average molecular weight is 562 g/mol. The van der Waals surface area contributed by atoms with Gasteiger partial charge in [0.25, 0.3) is 0 Å². The molecule has 0 amide bonds. The molecule has 0 unspecified atom stereocenters. The highest BCUT2D eigenvalue weighted by Gasteiger charge is 2.22. The zero-order chi connectivity index (χ0) is 29.0. The summed E-state index contributed by atoms with van der Waals surface area (Å²) in [6.45, 7) is 0. The summed E-state index contributed by atoms with van der Waals surface area (Å²) in [6, 6.07) is 58.4. The molecule has 44 heavy (non-hydrogen) atoms. The third-order valence-electron chi connectivity index (χ3n) is 8.85. The first-order chi connectivity index (χ1) is 21.8. The van der Waals surface area contributed by atoms with Gasteiger partial charge in [-0.25, -0.2) is 0 Å². The van der Waals surface area contributed by atoms with Crippen LogP contribution in [-0.4, -0.2) is 4.57 Å². The van der Waals surface area contributed by atoms with E-state index in [0.29, 0.717) is 0 Å². The fourth-order valence-corrected chi connectivity index (χ4v) is 6.91. The molecular weight excluding hydrogens is 534 g/mol. The van der Waals surface area contributed by atoms with Crippen LogP contribution in [0.4, 0.5) is 0 Å². The van der Waals surface area contributed by atoms with E-state index in [9.17, 15) is 0 Å². The molecule has 2 nitrogen and oxygen atoms in total. The van der Waals surface area contributed by atoms with E-state index in [-0.39, 0.29) is 0 Å². The number of benzene rings is 7. The Kier molecular flexibility index (Phi) is 5.54. The van der Waals surface area contributed by atoms with Crippen LogP contribution in [0.15, 0.2) is 164 Å². The number of aromatic nitrogens is 1. The smallest absolute Gasteiger partial charge is 0.137 e. The molecule has 0 atom stereocenters. The highest BCUT2D eigenvalue weighted by Crippen LogP contribution is 2.48. The predicted octanol–water partition coefficient (Wildman–Crippen LogP) is 11.6. The van der Waals surface area contributed by atoms with Gasteiger partial charge in [0.05, 0.1) is 11.0 Å². The van der Waals surface area contributed by atoms with Gasteiger partial charge >= 0.3 is 0 Å². The summed E-state index contributed by atoms with van der Waals surface area (Å²) in [5.41, 5.74) is 12.6. The summed E-state index contributed by atoms with van der Waals surface area (Å²) in [5, 5.41) is 2.48. The van der Waals surface area contributed by atoms with Gasteiger partial charge in [-0.1, -0.05) is 127 Å². The maximum atomic E-state index is 7.04. The second-order valence-corrected chi connectivity index (χ2v) is 11.3. The van der Waals surface area contributed by atoms with E-state index in [1.54, 1.807) is 0 Å². The summed E-state index contributed by atoms with van der Waals surface area (Å²) in [6.07, 6.45) is 0. The van der Waals surface area contributed by atoms with Gasteiger partial charge in [-0.3, -0.25) is 0 Å². The van der Waals surface area contributed by atoms with Crippen LogP contribution in [0.3, 0.4) is 0 Å². The molecule has 1 aliphatic rings. The molecule has 0 saturated heterocycles. The zero-order valence-corrected chi connectivity index (χ0v) is 23.9. The Morgan fingerprint density at radius 1 is 0.318 bits per heavy atom. The molecular formula is C42H27NO. The molecule has 2 heteroatoms. The van der Waals surface area contributed by atoms with Crippen molar-refractivity contribution in [2.75, 3.05) is 0 Å². The Morgan fingerprint density at radius 2 is 0.705 bits per heavy atom. The second kappa shape index (κ2) is 9.86. The first kappa shape index (κ1) is 24.7. The Labute approximate surface area is 256 Å². The van der Waals surface area contributed by atoms with E-state index in [2.05, 4.69) is 168 Å². The molecule has 1 aromatic heterocycles. The molecule has 7 aromatic carbocycles. The van der Waals surface area contributed by atoms with Crippen molar-refractivity contribution in [3.05, 3.63) is 164 Å². The quantitative estimate of drug-likeness (QED) is 0.194. The number of para-hydroxylation sites is 3. The third kappa shape index (κ3) is 3.75. The molecule has 0 radical (unpaired) electrons. The Balaban J connectivity index is 1.38.